The number of nitrogens with zero attached hydrogens (tertiary/aromatic N) is 2. The molecule has 0 fully saturated rings. The number of anilines is 1. The lowest BCUT2D eigenvalue weighted by atomic mass is 10.1. The number of amides is 2. The third kappa shape index (κ3) is 7.96. The first-order valence-corrected chi connectivity index (χ1v) is 15.0. The van der Waals surface area contributed by atoms with Crippen molar-refractivity contribution in [2.45, 2.75) is 44.7 Å². The predicted octanol–water partition coefficient (Wildman–Crippen LogP) is 5.91. The summed E-state index contributed by atoms with van der Waals surface area (Å²) < 4.78 is 42.2. The van der Waals surface area contributed by atoms with Crippen LogP contribution in [0.5, 0.6) is 0 Å². The van der Waals surface area contributed by atoms with Gasteiger partial charge in [0.1, 0.15) is 18.4 Å². The predicted molar refractivity (Wildman–Crippen MR) is 156 cm³/mol. The number of sulfonamides is 1. The monoisotopic (exact) mass is 607 g/mol. The zero-order valence-electron chi connectivity index (χ0n) is 22.5. The molecule has 0 unspecified atom stereocenters. The average Bonchev–Trinajstić information content (AvgIpc) is 2.93. The molecule has 0 aliphatic heterocycles. The van der Waals surface area contributed by atoms with Gasteiger partial charge < -0.3 is 10.2 Å². The van der Waals surface area contributed by atoms with Crippen molar-refractivity contribution in [2.75, 3.05) is 17.4 Å². The Morgan fingerprint density at radius 3 is 2.23 bits per heavy atom. The largest absolute Gasteiger partial charge is 0.354 e. The van der Waals surface area contributed by atoms with E-state index in [9.17, 15) is 22.4 Å². The van der Waals surface area contributed by atoms with Crippen LogP contribution in [0.3, 0.4) is 0 Å². The number of carbonyl (C=O) groups excluding carboxylic acids is 2. The molecule has 214 valence electrons. The Labute approximate surface area is 244 Å². The van der Waals surface area contributed by atoms with E-state index in [2.05, 4.69) is 5.32 Å². The highest BCUT2D eigenvalue weighted by atomic mass is 35.5. The van der Waals surface area contributed by atoms with Crippen LogP contribution in [-0.4, -0.2) is 44.3 Å². The maximum Gasteiger partial charge on any atom is 0.264 e. The fourth-order valence-electron chi connectivity index (χ4n) is 4.04. The van der Waals surface area contributed by atoms with Gasteiger partial charge in [0.2, 0.25) is 11.8 Å². The first-order chi connectivity index (χ1) is 18.9. The van der Waals surface area contributed by atoms with Crippen LogP contribution >= 0.6 is 23.2 Å². The summed E-state index contributed by atoms with van der Waals surface area (Å²) in [6.45, 7) is 5.35. The molecule has 1 N–H and O–H groups in total. The lowest BCUT2D eigenvalue weighted by molar-refractivity contribution is -0.140. The fourth-order valence-corrected chi connectivity index (χ4v) is 5.92. The number of carbonyl (C=O) groups is 2. The molecule has 2 amide bonds. The van der Waals surface area contributed by atoms with Gasteiger partial charge in [0.25, 0.3) is 10.0 Å². The lowest BCUT2D eigenvalue weighted by Gasteiger charge is -2.33. The summed E-state index contributed by atoms with van der Waals surface area (Å²) in [6.07, 6.45) is 0.264. The van der Waals surface area contributed by atoms with E-state index in [4.69, 9.17) is 23.2 Å². The van der Waals surface area contributed by atoms with Gasteiger partial charge in [0, 0.05) is 18.1 Å². The smallest absolute Gasteiger partial charge is 0.264 e. The Morgan fingerprint density at radius 2 is 1.62 bits per heavy atom. The van der Waals surface area contributed by atoms with Crippen LogP contribution in [0.2, 0.25) is 10.0 Å². The molecule has 7 nitrogen and oxygen atoms in total. The molecular weight excluding hydrogens is 576 g/mol. The minimum atomic E-state index is -4.28. The number of benzene rings is 3. The number of hydrogen-bond acceptors (Lipinski definition) is 4. The molecule has 0 aliphatic carbocycles. The molecule has 0 saturated carbocycles. The number of hydrogen-bond donors (Lipinski definition) is 1. The third-order valence-electron chi connectivity index (χ3n) is 6.12. The first-order valence-electron chi connectivity index (χ1n) is 12.8. The van der Waals surface area contributed by atoms with Crippen molar-refractivity contribution >= 4 is 50.7 Å². The van der Waals surface area contributed by atoms with Crippen LogP contribution in [0.25, 0.3) is 0 Å². The SMILES string of the molecule is CC[C@H](C(=O)NCC(C)C)N(Cc1ccc(F)cc1)C(=O)CN(c1cc(Cl)ccc1Cl)S(=O)(=O)c1ccccc1. The number of nitrogens with one attached hydrogen (secondary N) is 1. The van der Waals surface area contributed by atoms with E-state index in [1.165, 1.54) is 59.5 Å². The molecule has 0 spiro atoms. The third-order valence-corrected chi connectivity index (χ3v) is 8.45. The van der Waals surface area contributed by atoms with Crippen molar-refractivity contribution in [1.82, 2.24) is 10.2 Å². The number of rotatable bonds is 12. The first kappa shape index (κ1) is 31.4. The standard InChI is InChI=1S/C29H32Cl2FN3O4S/c1-4-26(29(37)33-17-20(2)3)34(18-21-10-13-23(32)14-11-21)28(36)19-35(27-16-22(30)12-15-25(27)31)40(38,39)24-8-6-5-7-9-24/h5-16,20,26H,4,17-19H2,1-3H3,(H,33,37)/t26-/m1/s1. The molecule has 3 aromatic carbocycles. The van der Waals surface area contributed by atoms with Crippen LogP contribution in [0, 0.1) is 11.7 Å². The molecule has 0 aromatic heterocycles. The second-order valence-electron chi connectivity index (χ2n) is 9.63. The maximum atomic E-state index is 14.0. The minimum Gasteiger partial charge on any atom is -0.354 e. The van der Waals surface area contributed by atoms with E-state index < -0.39 is 34.3 Å². The van der Waals surface area contributed by atoms with Crippen molar-refractivity contribution in [3.05, 3.63) is 94.2 Å². The Hall–Kier alpha value is -3.14. The summed E-state index contributed by atoms with van der Waals surface area (Å²) in [7, 11) is -4.28. The van der Waals surface area contributed by atoms with Crippen molar-refractivity contribution in [2.24, 2.45) is 5.92 Å². The molecule has 0 radical (unpaired) electrons. The highest BCUT2D eigenvalue weighted by Crippen LogP contribution is 2.33. The van der Waals surface area contributed by atoms with E-state index in [1.54, 1.807) is 25.1 Å². The van der Waals surface area contributed by atoms with E-state index in [-0.39, 0.29) is 45.4 Å². The van der Waals surface area contributed by atoms with Gasteiger partial charge in [-0.3, -0.25) is 13.9 Å². The Bertz CT molecular complexity index is 1420. The van der Waals surface area contributed by atoms with Crippen LogP contribution in [-0.2, 0) is 26.2 Å². The van der Waals surface area contributed by atoms with Crippen molar-refractivity contribution in [3.63, 3.8) is 0 Å². The molecule has 3 aromatic rings. The summed E-state index contributed by atoms with van der Waals surface area (Å²) in [5.41, 5.74) is 0.591. The van der Waals surface area contributed by atoms with E-state index in [1.807, 2.05) is 13.8 Å². The topological polar surface area (TPSA) is 86.8 Å². The van der Waals surface area contributed by atoms with Gasteiger partial charge in [0.05, 0.1) is 15.6 Å². The molecule has 1 atom stereocenters. The quantitative estimate of drug-likeness (QED) is 0.277. The Balaban J connectivity index is 2.07. The molecule has 0 heterocycles. The van der Waals surface area contributed by atoms with Crippen LogP contribution in [0.1, 0.15) is 32.8 Å². The second kappa shape index (κ2) is 14.0. The van der Waals surface area contributed by atoms with Crippen molar-refractivity contribution < 1.29 is 22.4 Å². The number of halogens is 3. The van der Waals surface area contributed by atoms with Crippen molar-refractivity contribution in [1.29, 1.82) is 0 Å². The second-order valence-corrected chi connectivity index (χ2v) is 12.3. The zero-order chi connectivity index (χ0) is 29.4. The van der Waals surface area contributed by atoms with Crippen LogP contribution < -0.4 is 9.62 Å². The van der Waals surface area contributed by atoms with E-state index in [0.29, 0.717) is 12.1 Å². The van der Waals surface area contributed by atoms with Gasteiger partial charge in [-0.25, -0.2) is 12.8 Å². The highest BCUT2D eigenvalue weighted by molar-refractivity contribution is 7.92. The van der Waals surface area contributed by atoms with Gasteiger partial charge in [-0.2, -0.15) is 0 Å². The van der Waals surface area contributed by atoms with Crippen LogP contribution in [0.4, 0.5) is 10.1 Å². The summed E-state index contributed by atoms with van der Waals surface area (Å²) in [5, 5.41) is 3.16. The van der Waals surface area contributed by atoms with Gasteiger partial charge in [0.15, 0.2) is 0 Å². The summed E-state index contributed by atoms with van der Waals surface area (Å²) in [5.74, 6) is -1.28. The zero-order valence-corrected chi connectivity index (χ0v) is 24.8. The Morgan fingerprint density at radius 1 is 0.975 bits per heavy atom. The molecule has 0 aliphatic rings. The fraction of sp³-hybridized carbons (Fsp3) is 0.310. The molecule has 3 rings (SSSR count). The van der Waals surface area contributed by atoms with Gasteiger partial charge in [-0.1, -0.05) is 74.3 Å². The summed E-state index contributed by atoms with van der Waals surface area (Å²) in [6, 6.07) is 16.6. The average molecular weight is 609 g/mol. The van der Waals surface area contributed by atoms with Gasteiger partial charge >= 0.3 is 0 Å². The molecule has 0 saturated heterocycles. The van der Waals surface area contributed by atoms with Gasteiger partial charge in [-0.05, 0) is 60.4 Å². The minimum absolute atomic E-state index is 0.0189. The molecular formula is C29H32Cl2FN3O4S. The maximum absolute atomic E-state index is 14.0. The summed E-state index contributed by atoms with van der Waals surface area (Å²) >= 11 is 12.6. The van der Waals surface area contributed by atoms with E-state index in [0.717, 1.165) is 4.31 Å². The van der Waals surface area contributed by atoms with Crippen LogP contribution in [0.15, 0.2) is 77.7 Å². The Kier molecular flexibility index (Phi) is 11.0. The van der Waals surface area contributed by atoms with Crippen molar-refractivity contribution in [3.8, 4) is 0 Å². The normalized spacial score (nSPS) is 12.2. The molecule has 11 heteroatoms. The summed E-state index contributed by atoms with van der Waals surface area (Å²) in [4.78, 5) is 28.5. The molecule has 40 heavy (non-hydrogen) atoms. The lowest BCUT2D eigenvalue weighted by Crippen LogP contribution is -2.52. The van der Waals surface area contributed by atoms with Gasteiger partial charge in [-0.15, -0.1) is 0 Å². The highest BCUT2D eigenvalue weighted by Gasteiger charge is 2.34. The van der Waals surface area contributed by atoms with E-state index >= 15 is 0 Å². The molecule has 0 bridgehead atoms.